The number of nitrogens with one attached hydrogen (secondary N) is 1. The van der Waals surface area contributed by atoms with E-state index in [0.717, 1.165) is 19.1 Å². The van der Waals surface area contributed by atoms with Gasteiger partial charge in [0, 0.05) is 22.3 Å². The molecule has 2 heterocycles. The van der Waals surface area contributed by atoms with Crippen LogP contribution >= 0.6 is 11.3 Å². The highest BCUT2D eigenvalue weighted by molar-refractivity contribution is 7.12. The Balaban J connectivity index is 1.60. The molecule has 0 saturated carbocycles. The molecule has 1 aliphatic heterocycles. The summed E-state index contributed by atoms with van der Waals surface area (Å²) in [7, 11) is 0. The molecule has 1 unspecified atom stereocenters. The van der Waals surface area contributed by atoms with Crippen molar-refractivity contribution in [3.8, 4) is 0 Å². The first-order valence-corrected chi connectivity index (χ1v) is 8.49. The molecule has 1 saturated heterocycles. The molecule has 1 atom stereocenters. The molecule has 0 radical (unpaired) electrons. The smallest absolute Gasteiger partial charge is 0.0216 e. The monoisotopic (exact) mass is 280 g/mol. The molecule has 108 valence electrons. The van der Waals surface area contributed by atoms with Gasteiger partial charge in [0.05, 0.1) is 0 Å². The molecule has 1 aromatic heterocycles. The lowest BCUT2D eigenvalue weighted by Crippen LogP contribution is -2.38. The number of hydrogen-bond acceptors (Lipinski definition) is 3. The Hall–Kier alpha value is -0.380. The zero-order valence-electron chi connectivity index (χ0n) is 12.7. The summed E-state index contributed by atoms with van der Waals surface area (Å²) in [6, 6.07) is 3.12. The van der Waals surface area contributed by atoms with Gasteiger partial charge in [0.1, 0.15) is 0 Å². The first kappa shape index (κ1) is 15.0. The van der Waals surface area contributed by atoms with E-state index in [1.54, 1.807) is 0 Å². The molecule has 0 aliphatic carbocycles. The van der Waals surface area contributed by atoms with Crippen molar-refractivity contribution in [1.82, 2.24) is 10.2 Å². The number of nitrogens with zero attached hydrogens (tertiary/aromatic N) is 1. The highest BCUT2D eigenvalue weighted by Gasteiger charge is 2.16. The Kier molecular flexibility index (Phi) is 5.86. The minimum absolute atomic E-state index is 0.801. The predicted molar refractivity (Wildman–Crippen MR) is 85.0 cm³/mol. The van der Waals surface area contributed by atoms with E-state index >= 15 is 0 Å². The van der Waals surface area contributed by atoms with E-state index in [2.05, 4.69) is 37.1 Å². The topological polar surface area (TPSA) is 15.3 Å². The highest BCUT2D eigenvalue weighted by atomic mass is 32.1. The molecule has 2 nitrogen and oxygen atoms in total. The zero-order valence-corrected chi connectivity index (χ0v) is 13.5. The second kappa shape index (κ2) is 7.41. The van der Waals surface area contributed by atoms with Crippen LogP contribution in [0.25, 0.3) is 0 Å². The van der Waals surface area contributed by atoms with Crippen LogP contribution in [0.4, 0.5) is 0 Å². The van der Waals surface area contributed by atoms with Gasteiger partial charge in [0.2, 0.25) is 0 Å². The van der Waals surface area contributed by atoms with Gasteiger partial charge in [-0.15, -0.1) is 11.3 Å². The quantitative estimate of drug-likeness (QED) is 0.799. The van der Waals surface area contributed by atoms with E-state index in [1.807, 2.05) is 11.3 Å². The number of likely N-dealkylation sites (tertiary alicyclic amines) is 1. The van der Waals surface area contributed by atoms with Crippen LogP contribution in [0.15, 0.2) is 6.07 Å². The van der Waals surface area contributed by atoms with Crippen molar-refractivity contribution in [2.45, 2.75) is 59.0 Å². The molecule has 1 aliphatic rings. The molecule has 1 N–H and O–H groups in total. The second-order valence-electron chi connectivity index (χ2n) is 5.85. The largest absolute Gasteiger partial charge is 0.313 e. The van der Waals surface area contributed by atoms with Crippen LogP contribution in [0.5, 0.6) is 0 Å². The minimum atomic E-state index is 0.801. The van der Waals surface area contributed by atoms with Gasteiger partial charge >= 0.3 is 0 Å². The van der Waals surface area contributed by atoms with Crippen molar-refractivity contribution in [3.63, 3.8) is 0 Å². The van der Waals surface area contributed by atoms with Crippen molar-refractivity contribution in [3.05, 3.63) is 21.4 Å². The van der Waals surface area contributed by atoms with Gasteiger partial charge in [-0.25, -0.2) is 0 Å². The first-order chi connectivity index (χ1) is 9.16. The Morgan fingerprint density at radius 3 is 2.89 bits per heavy atom. The Bertz CT molecular complexity index is 386. The third-order valence-corrected chi connectivity index (χ3v) is 5.21. The normalized spacial score (nSPS) is 20.9. The maximum absolute atomic E-state index is 3.59. The molecule has 0 aromatic carbocycles. The molecule has 0 amide bonds. The van der Waals surface area contributed by atoms with Gasteiger partial charge in [0.25, 0.3) is 0 Å². The van der Waals surface area contributed by atoms with E-state index in [1.165, 1.54) is 54.1 Å². The summed E-state index contributed by atoms with van der Waals surface area (Å²) in [6.45, 7) is 11.5. The fourth-order valence-corrected chi connectivity index (χ4v) is 3.93. The fourth-order valence-electron chi connectivity index (χ4n) is 2.98. The fraction of sp³-hybridized carbons (Fsp3) is 0.750. The third kappa shape index (κ3) is 4.59. The maximum atomic E-state index is 3.59. The molecule has 0 bridgehead atoms. The molecule has 1 fully saturated rings. The lowest BCUT2D eigenvalue weighted by atomic mass is 10.0. The lowest BCUT2D eigenvalue weighted by molar-refractivity contribution is 0.159. The van der Waals surface area contributed by atoms with E-state index in [-0.39, 0.29) is 0 Å². The summed E-state index contributed by atoms with van der Waals surface area (Å²) in [5, 5.41) is 3.59. The number of aryl methyl sites for hydroxylation is 2. The third-order valence-electron chi connectivity index (χ3n) is 4.20. The molecule has 3 heteroatoms. The average molecular weight is 280 g/mol. The van der Waals surface area contributed by atoms with Crippen molar-refractivity contribution >= 4 is 11.3 Å². The van der Waals surface area contributed by atoms with Crippen LogP contribution in [0, 0.1) is 13.8 Å². The first-order valence-electron chi connectivity index (χ1n) is 7.67. The SMILES string of the molecule is Cc1cc(CNCCCN2CCCCC2C)c(C)s1. The summed E-state index contributed by atoms with van der Waals surface area (Å²) in [4.78, 5) is 5.55. The second-order valence-corrected chi connectivity index (χ2v) is 7.31. The lowest BCUT2D eigenvalue weighted by Gasteiger charge is -2.33. The molecule has 1 aromatic rings. The van der Waals surface area contributed by atoms with E-state index in [9.17, 15) is 0 Å². The van der Waals surface area contributed by atoms with Crippen molar-refractivity contribution in [2.75, 3.05) is 19.6 Å². The Labute approximate surface area is 122 Å². The Morgan fingerprint density at radius 2 is 2.21 bits per heavy atom. The van der Waals surface area contributed by atoms with Crippen LogP contribution in [0.3, 0.4) is 0 Å². The summed E-state index contributed by atoms with van der Waals surface area (Å²) >= 11 is 1.91. The standard InChI is InChI=1S/C16H28N2S/c1-13-7-4-5-9-18(13)10-6-8-17-12-16-11-14(2)19-15(16)3/h11,13,17H,4-10,12H2,1-3H3. The number of hydrogen-bond donors (Lipinski definition) is 1. The van der Waals surface area contributed by atoms with Gasteiger partial charge in [0.15, 0.2) is 0 Å². The van der Waals surface area contributed by atoms with Gasteiger partial charge in [-0.1, -0.05) is 6.42 Å². The van der Waals surface area contributed by atoms with Gasteiger partial charge in [-0.05, 0) is 71.3 Å². The summed E-state index contributed by atoms with van der Waals surface area (Å²) in [5.74, 6) is 0. The number of rotatable bonds is 6. The van der Waals surface area contributed by atoms with Crippen LogP contribution in [-0.4, -0.2) is 30.6 Å². The zero-order chi connectivity index (χ0) is 13.7. The van der Waals surface area contributed by atoms with Crippen LogP contribution in [-0.2, 0) is 6.54 Å². The van der Waals surface area contributed by atoms with Crippen LogP contribution < -0.4 is 5.32 Å². The van der Waals surface area contributed by atoms with Crippen molar-refractivity contribution in [1.29, 1.82) is 0 Å². The van der Waals surface area contributed by atoms with Crippen LogP contribution in [0.2, 0.25) is 0 Å². The highest BCUT2D eigenvalue weighted by Crippen LogP contribution is 2.20. The van der Waals surface area contributed by atoms with Crippen molar-refractivity contribution in [2.24, 2.45) is 0 Å². The van der Waals surface area contributed by atoms with E-state index in [0.29, 0.717) is 0 Å². The molecule has 19 heavy (non-hydrogen) atoms. The minimum Gasteiger partial charge on any atom is -0.313 e. The van der Waals surface area contributed by atoms with Gasteiger partial charge in [-0.2, -0.15) is 0 Å². The number of thiophene rings is 1. The summed E-state index contributed by atoms with van der Waals surface area (Å²) in [6.07, 6.45) is 5.48. The molecule has 2 rings (SSSR count). The van der Waals surface area contributed by atoms with Crippen LogP contribution in [0.1, 0.15) is 47.9 Å². The Morgan fingerprint density at radius 1 is 1.37 bits per heavy atom. The average Bonchev–Trinajstić information content (AvgIpc) is 2.70. The summed E-state index contributed by atoms with van der Waals surface area (Å²) < 4.78 is 0. The molecule has 0 spiro atoms. The van der Waals surface area contributed by atoms with E-state index in [4.69, 9.17) is 0 Å². The van der Waals surface area contributed by atoms with Gasteiger partial charge < -0.3 is 10.2 Å². The number of piperidine rings is 1. The predicted octanol–water partition coefficient (Wildman–Crippen LogP) is 3.72. The van der Waals surface area contributed by atoms with E-state index < -0.39 is 0 Å². The van der Waals surface area contributed by atoms with Gasteiger partial charge in [-0.3, -0.25) is 0 Å². The maximum Gasteiger partial charge on any atom is 0.0216 e. The summed E-state index contributed by atoms with van der Waals surface area (Å²) in [5.41, 5.74) is 1.48. The van der Waals surface area contributed by atoms with Crippen molar-refractivity contribution < 1.29 is 0 Å². The molecular weight excluding hydrogens is 252 g/mol. The molecular formula is C16H28N2S.